The van der Waals surface area contributed by atoms with E-state index in [1.165, 1.54) is 6.07 Å². The second kappa shape index (κ2) is 5.92. The van der Waals surface area contributed by atoms with Crippen LogP contribution in [0.25, 0.3) is 0 Å². The number of anilines is 1. The summed E-state index contributed by atoms with van der Waals surface area (Å²) in [5.41, 5.74) is 2.23. The fourth-order valence-electron chi connectivity index (χ4n) is 1.42. The number of pyridine rings is 1. The van der Waals surface area contributed by atoms with Crippen molar-refractivity contribution in [1.82, 2.24) is 15.0 Å². The molecule has 1 fully saturated rings. The van der Waals surface area contributed by atoms with Gasteiger partial charge in [-0.15, -0.1) is 0 Å². The van der Waals surface area contributed by atoms with E-state index in [1.807, 2.05) is 0 Å². The van der Waals surface area contributed by atoms with Crippen molar-refractivity contribution in [3.05, 3.63) is 17.3 Å². The van der Waals surface area contributed by atoms with Crippen molar-refractivity contribution in [1.29, 1.82) is 0 Å². The zero-order valence-corrected chi connectivity index (χ0v) is 12.0. The predicted molar refractivity (Wildman–Crippen MR) is 73.4 cm³/mol. The van der Waals surface area contributed by atoms with Gasteiger partial charge in [0, 0.05) is 12.2 Å². The molecule has 0 spiro atoms. The van der Waals surface area contributed by atoms with Crippen LogP contribution in [0, 0.1) is 0 Å². The van der Waals surface area contributed by atoms with Gasteiger partial charge >= 0.3 is 0 Å². The molecule has 1 saturated carbocycles. The van der Waals surface area contributed by atoms with E-state index in [1.54, 1.807) is 0 Å². The lowest BCUT2D eigenvalue weighted by Crippen LogP contribution is -2.37. The number of nitrogens with one attached hydrogen (secondary N) is 3. The van der Waals surface area contributed by atoms with Gasteiger partial charge in [-0.1, -0.05) is 11.6 Å². The molecular formula is C10H14ClN5O3S. The van der Waals surface area contributed by atoms with E-state index >= 15 is 0 Å². The summed E-state index contributed by atoms with van der Waals surface area (Å²) in [5.74, 6) is 4.94. The van der Waals surface area contributed by atoms with Gasteiger partial charge < -0.3 is 10.7 Å². The number of amides is 1. The van der Waals surface area contributed by atoms with Gasteiger partial charge in [0.25, 0.3) is 0 Å². The van der Waals surface area contributed by atoms with Crippen LogP contribution in [-0.4, -0.2) is 31.9 Å². The van der Waals surface area contributed by atoms with Gasteiger partial charge in [0.2, 0.25) is 15.9 Å². The molecule has 0 radical (unpaired) electrons. The normalized spacial score (nSPS) is 14.9. The van der Waals surface area contributed by atoms with Gasteiger partial charge in [0.1, 0.15) is 4.90 Å². The predicted octanol–water partition coefficient (Wildman–Crippen LogP) is -0.422. The molecule has 0 aromatic carbocycles. The minimum atomic E-state index is -3.84. The minimum absolute atomic E-state index is 0.0674. The second-order valence-electron chi connectivity index (χ2n) is 4.31. The van der Waals surface area contributed by atoms with E-state index in [0.717, 1.165) is 19.0 Å². The molecule has 10 heteroatoms. The minimum Gasteiger partial charge on any atom is -0.352 e. The lowest BCUT2D eigenvalue weighted by atomic mass is 10.5. The molecule has 20 heavy (non-hydrogen) atoms. The summed E-state index contributed by atoms with van der Waals surface area (Å²) in [6, 6.07) is 1.38. The third-order valence-corrected chi connectivity index (χ3v) is 4.28. The number of rotatable bonds is 6. The Morgan fingerprint density at radius 2 is 2.20 bits per heavy atom. The fraction of sp³-hybridized carbons (Fsp3) is 0.400. The van der Waals surface area contributed by atoms with E-state index in [9.17, 15) is 13.2 Å². The molecule has 1 aromatic rings. The molecule has 1 aliphatic carbocycles. The maximum Gasteiger partial charge on any atom is 0.242 e. The summed E-state index contributed by atoms with van der Waals surface area (Å²) in [6.07, 6.45) is 2.97. The van der Waals surface area contributed by atoms with Gasteiger partial charge in [-0.05, 0) is 18.9 Å². The van der Waals surface area contributed by atoms with Crippen molar-refractivity contribution in [2.75, 3.05) is 12.0 Å². The number of sulfonamides is 1. The lowest BCUT2D eigenvalue weighted by molar-refractivity contribution is -0.120. The van der Waals surface area contributed by atoms with E-state index in [4.69, 9.17) is 17.4 Å². The van der Waals surface area contributed by atoms with Crippen molar-refractivity contribution in [2.45, 2.75) is 23.8 Å². The molecule has 1 aliphatic rings. The van der Waals surface area contributed by atoms with Gasteiger partial charge in [-0.2, -0.15) is 0 Å². The molecule has 0 aliphatic heterocycles. The van der Waals surface area contributed by atoms with Crippen molar-refractivity contribution in [3.63, 3.8) is 0 Å². The number of aromatic nitrogens is 1. The van der Waals surface area contributed by atoms with E-state index in [-0.39, 0.29) is 34.2 Å². The van der Waals surface area contributed by atoms with Crippen LogP contribution < -0.4 is 21.3 Å². The molecule has 2 rings (SSSR count). The number of hydrogen-bond donors (Lipinski definition) is 4. The van der Waals surface area contributed by atoms with Crippen molar-refractivity contribution >= 4 is 33.3 Å². The Hall–Kier alpha value is -1.42. The number of nitrogen functional groups attached to an aromatic ring is 1. The Labute approximate surface area is 121 Å². The molecule has 5 N–H and O–H groups in total. The summed E-state index contributed by atoms with van der Waals surface area (Å²) in [7, 11) is -3.84. The SMILES string of the molecule is NNc1ncc(S(=O)(=O)NCC(=O)NC2CC2)cc1Cl. The first-order valence-electron chi connectivity index (χ1n) is 5.83. The highest BCUT2D eigenvalue weighted by Gasteiger charge is 2.24. The molecule has 1 heterocycles. The third-order valence-electron chi connectivity index (χ3n) is 2.63. The molecular weight excluding hydrogens is 306 g/mol. The van der Waals surface area contributed by atoms with Crippen LogP contribution in [-0.2, 0) is 14.8 Å². The Balaban J connectivity index is 2.01. The Morgan fingerprint density at radius 1 is 1.50 bits per heavy atom. The lowest BCUT2D eigenvalue weighted by Gasteiger charge is -2.08. The van der Waals surface area contributed by atoms with Crippen LogP contribution >= 0.6 is 11.6 Å². The standard InChI is InChI=1S/C10H14ClN5O3S/c11-8-3-7(4-13-10(8)16-12)20(18,19)14-5-9(17)15-6-1-2-6/h3-4,6,14H,1-2,5,12H2,(H,13,16)(H,15,17). The summed E-state index contributed by atoms with van der Waals surface area (Å²) >= 11 is 5.80. The van der Waals surface area contributed by atoms with Crippen molar-refractivity contribution in [3.8, 4) is 0 Å². The highest BCUT2D eigenvalue weighted by atomic mass is 35.5. The van der Waals surface area contributed by atoms with E-state index < -0.39 is 10.0 Å². The molecule has 0 unspecified atom stereocenters. The van der Waals surface area contributed by atoms with E-state index in [2.05, 4.69) is 20.4 Å². The molecule has 0 bridgehead atoms. The van der Waals surface area contributed by atoms with Crippen LogP contribution in [0.1, 0.15) is 12.8 Å². The fourth-order valence-corrected chi connectivity index (χ4v) is 2.66. The third kappa shape index (κ3) is 3.79. The van der Waals surface area contributed by atoms with Crippen LogP contribution in [0.2, 0.25) is 5.02 Å². The Kier molecular flexibility index (Phi) is 4.43. The maximum absolute atomic E-state index is 11.9. The number of carbonyl (C=O) groups is 1. The number of hydrazine groups is 1. The number of nitrogens with zero attached hydrogens (tertiary/aromatic N) is 1. The van der Waals surface area contributed by atoms with E-state index in [0.29, 0.717) is 0 Å². The molecule has 8 nitrogen and oxygen atoms in total. The smallest absolute Gasteiger partial charge is 0.242 e. The average molecular weight is 320 g/mol. The summed E-state index contributed by atoms with van der Waals surface area (Å²) in [4.78, 5) is 15.1. The monoisotopic (exact) mass is 319 g/mol. The van der Waals surface area contributed by atoms with Crippen molar-refractivity contribution in [2.24, 2.45) is 5.84 Å². The highest BCUT2D eigenvalue weighted by molar-refractivity contribution is 7.89. The Morgan fingerprint density at radius 3 is 2.75 bits per heavy atom. The Bertz CT molecular complexity index is 617. The quantitative estimate of drug-likeness (QED) is 0.416. The molecule has 1 aromatic heterocycles. The zero-order chi connectivity index (χ0) is 14.8. The number of hydrogen-bond acceptors (Lipinski definition) is 6. The van der Waals surface area contributed by atoms with Gasteiger partial charge in [0.15, 0.2) is 5.82 Å². The molecule has 1 amide bonds. The van der Waals surface area contributed by atoms with Gasteiger partial charge in [-0.25, -0.2) is 24.0 Å². The molecule has 0 atom stereocenters. The summed E-state index contributed by atoms with van der Waals surface area (Å²) in [5, 5.41) is 2.74. The zero-order valence-electron chi connectivity index (χ0n) is 10.4. The van der Waals surface area contributed by atoms with Gasteiger partial charge in [-0.3, -0.25) is 4.79 Å². The van der Waals surface area contributed by atoms with Crippen molar-refractivity contribution < 1.29 is 13.2 Å². The number of carbonyl (C=O) groups excluding carboxylic acids is 1. The first-order valence-corrected chi connectivity index (χ1v) is 7.69. The van der Waals surface area contributed by atoms with Crippen LogP contribution in [0.3, 0.4) is 0 Å². The summed E-state index contributed by atoms with van der Waals surface area (Å²) < 4.78 is 26.1. The largest absolute Gasteiger partial charge is 0.352 e. The molecule has 110 valence electrons. The van der Waals surface area contributed by atoms with Gasteiger partial charge in [0.05, 0.1) is 11.6 Å². The topological polar surface area (TPSA) is 126 Å². The number of halogens is 1. The van der Waals surface area contributed by atoms with Crippen LogP contribution in [0.5, 0.6) is 0 Å². The number of nitrogens with two attached hydrogens (primary N) is 1. The van der Waals surface area contributed by atoms with Crippen LogP contribution in [0.4, 0.5) is 5.82 Å². The first-order chi connectivity index (χ1) is 9.42. The molecule has 0 saturated heterocycles. The van der Waals surface area contributed by atoms with Crippen LogP contribution in [0.15, 0.2) is 17.2 Å². The summed E-state index contributed by atoms with van der Waals surface area (Å²) in [6.45, 7) is -0.326. The highest BCUT2D eigenvalue weighted by Crippen LogP contribution is 2.21. The first kappa shape index (κ1) is 15.0. The maximum atomic E-state index is 11.9. The average Bonchev–Trinajstić information content (AvgIpc) is 3.20. The second-order valence-corrected chi connectivity index (χ2v) is 6.49.